The maximum absolute atomic E-state index is 12.3. The van der Waals surface area contributed by atoms with Crippen LogP contribution in [-0.2, 0) is 28.8 Å². The summed E-state index contributed by atoms with van der Waals surface area (Å²) in [7, 11) is 0. The number of carboxylic acid groups (broad SMARTS) is 1. The van der Waals surface area contributed by atoms with Gasteiger partial charge in [0.05, 0.1) is 25.4 Å². The largest absolute Gasteiger partial charge is 0.480 e. The van der Waals surface area contributed by atoms with E-state index in [9.17, 15) is 28.8 Å². The molecule has 0 saturated carbocycles. The summed E-state index contributed by atoms with van der Waals surface area (Å²) in [5, 5.41) is 15.6. The standard InChI is InChI=1S/C15H26N6O7S/c1-29-3-2-8(21-13(25)7(16)4-10(17)22)14(26)19-6-12(24)20-9(15(27)28)5-11(18)23/h7-9H,2-6,16H2,1H3,(H2,17,22)(H2,18,23)(H,19,26)(H,20,24)(H,21,25)(H,27,28). The van der Waals surface area contributed by atoms with Crippen molar-refractivity contribution in [2.75, 3.05) is 18.6 Å². The summed E-state index contributed by atoms with van der Waals surface area (Å²) in [5.74, 6) is -5.01. The number of aliphatic carboxylic acids is 1. The van der Waals surface area contributed by atoms with Crippen molar-refractivity contribution < 1.29 is 33.9 Å². The molecule has 3 atom stereocenters. The van der Waals surface area contributed by atoms with Crippen LogP contribution in [0.5, 0.6) is 0 Å². The first-order chi connectivity index (χ1) is 13.5. The molecule has 0 aliphatic heterocycles. The van der Waals surface area contributed by atoms with Crippen LogP contribution >= 0.6 is 11.8 Å². The summed E-state index contributed by atoms with van der Waals surface area (Å²) < 4.78 is 0. The Morgan fingerprint density at radius 3 is 2.00 bits per heavy atom. The zero-order valence-electron chi connectivity index (χ0n) is 15.8. The molecule has 0 aromatic carbocycles. The first kappa shape index (κ1) is 26.1. The Hall–Kier alpha value is -2.87. The zero-order chi connectivity index (χ0) is 22.6. The number of hydrogen-bond donors (Lipinski definition) is 7. The number of carbonyl (C=O) groups excluding carboxylic acids is 5. The minimum absolute atomic E-state index is 0.211. The van der Waals surface area contributed by atoms with Gasteiger partial charge in [-0.25, -0.2) is 4.79 Å². The minimum Gasteiger partial charge on any atom is -0.480 e. The van der Waals surface area contributed by atoms with Crippen LogP contribution in [0.4, 0.5) is 0 Å². The Morgan fingerprint density at radius 1 is 0.931 bits per heavy atom. The molecule has 0 heterocycles. The molecule has 0 fully saturated rings. The summed E-state index contributed by atoms with van der Waals surface area (Å²) >= 11 is 1.41. The second-order valence-corrected chi connectivity index (χ2v) is 6.95. The number of primary amides is 2. The molecule has 0 aliphatic carbocycles. The molecule has 5 amide bonds. The molecule has 0 aromatic rings. The molecule has 0 spiro atoms. The number of carbonyl (C=O) groups is 6. The fourth-order valence-electron chi connectivity index (χ4n) is 2.03. The molecule has 0 aromatic heterocycles. The SMILES string of the molecule is CSCCC(NC(=O)C(N)CC(N)=O)C(=O)NCC(=O)NC(CC(N)=O)C(=O)O. The molecule has 0 bridgehead atoms. The third kappa shape index (κ3) is 11.5. The summed E-state index contributed by atoms with van der Waals surface area (Å²) in [5.41, 5.74) is 15.4. The Morgan fingerprint density at radius 2 is 1.52 bits per heavy atom. The van der Waals surface area contributed by atoms with E-state index in [1.165, 1.54) is 11.8 Å². The van der Waals surface area contributed by atoms with Crippen LogP contribution in [0.1, 0.15) is 19.3 Å². The highest BCUT2D eigenvalue weighted by molar-refractivity contribution is 7.98. The van der Waals surface area contributed by atoms with Gasteiger partial charge in [0.25, 0.3) is 0 Å². The van der Waals surface area contributed by atoms with Crippen LogP contribution in [0.3, 0.4) is 0 Å². The van der Waals surface area contributed by atoms with Gasteiger partial charge in [0, 0.05) is 0 Å². The van der Waals surface area contributed by atoms with E-state index in [0.29, 0.717) is 5.75 Å². The van der Waals surface area contributed by atoms with Gasteiger partial charge in [-0.3, -0.25) is 24.0 Å². The van der Waals surface area contributed by atoms with Crippen molar-refractivity contribution in [3.05, 3.63) is 0 Å². The van der Waals surface area contributed by atoms with E-state index >= 15 is 0 Å². The predicted molar refractivity (Wildman–Crippen MR) is 103 cm³/mol. The van der Waals surface area contributed by atoms with Gasteiger partial charge >= 0.3 is 5.97 Å². The van der Waals surface area contributed by atoms with E-state index in [1.54, 1.807) is 6.26 Å². The van der Waals surface area contributed by atoms with Gasteiger partial charge in [-0.1, -0.05) is 0 Å². The highest BCUT2D eigenvalue weighted by atomic mass is 32.2. The lowest BCUT2D eigenvalue weighted by atomic mass is 10.1. The molecule has 0 rings (SSSR count). The van der Waals surface area contributed by atoms with E-state index in [1.807, 2.05) is 5.32 Å². The first-order valence-electron chi connectivity index (χ1n) is 8.39. The summed E-state index contributed by atoms with van der Waals surface area (Å²) in [4.78, 5) is 68.8. The van der Waals surface area contributed by atoms with Gasteiger partial charge in [0.1, 0.15) is 12.1 Å². The lowest BCUT2D eigenvalue weighted by Crippen LogP contribution is -2.54. The highest BCUT2D eigenvalue weighted by Crippen LogP contribution is 2.02. The van der Waals surface area contributed by atoms with Crippen molar-refractivity contribution >= 4 is 47.3 Å². The topological polar surface area (TPSA) is 237 Å². The molecule has 164 valence electrons. The number of nitrogens with one attached hydrogen (secondary N) is 3. The molecule has 14 heteroatoms. The second-order valence-electron chi connectivity index (χ2n) is 5.97. The molecular formula is C15H26N6O7S. The van der Waals surface area contributed by atoms with Crippen molar-refractivity contribution in [1.82, 2.24) is 16.0 Å². The molecule has 13 nitrogen and oxygen atoms in total. The second kappa shape index (κ2) is 13.3. The number of carboxylic acids is 1. The lowest BCUT2D eigenvalue weighted by Gasteiger charge is -2.20. The average molecular weight is 434 g/mol. The van der Waals surface area contributed by atoms with E-state index < -0.39 is 73.0 Å². The average Bonchev–Trinajstić information content (AvgIpc) is 2.61. The van der Waals surface area contributed by atoms with Crippen molar-refractivity contribution in [3.63, 3.8) is 0 Å². The van der Waals surface area contributed by atoms with Crippen LogP contribution in [-0.4, -0.2) is 77.3 Å². The Kier molecular flexibility index (Phi) is 12.0. The fraction of sp³-hybridized carbons (Fsp3) is 0.600. The van der Waals surface area contributed by atoms with Crippen molar-refractivity contribution in [2.24, 2.45) is 17.2 Å². The number of amides is 5. The third-order valence-corrected chi connectivity index (χ3v) is 4.11. The summed E-state index contributed by atoms with van der Waals surface area (Å²) in [6.45, 7) is -0.597. The Bertz CT molecular complexity index is 645. The maximum Gasteiger partial charge on any atom is 0.326 e. The van der Waals surface area contributed by atoms with Gasteiger partial charge in [0.2, 0.25) is 29.5 Å². The Balaban J connectivity index is 4.82. The van der Waals surface area contributed by atoms with Gasteiger partial charge in [-0.15, -0.1) is 0 Å². The van der Waals surface area contributed by atoms with Gasteiger partial charge in [-0.2, -0.15) is 11.8 Å². The first-order valence-corrected chi connectivity index (χ1v) is 9.78. The summed E-state index contributed by atoms with van der Waals surface area (Å²) in [6.07, 6.45) is 0.984. The van der Waals surface area contributed by atoms with Crippen LogP contribution in [0.2, 0.25) is 0 Å². The van der Waals surface area contributed by atoms with Crippen LogP contribution in [0.15, 0.2) is 0 Å². The fourth-order valence-corrected chi connectivity index (χ4v) is 2.50. The predicted octanol–water partition coefficient (Wildman–Crippen LogP) is -4.01. The smallest absolute Gasteiger partial charge is 0.326 e. The van der Waals surface area contributed by atoms with E-state index in [-0.39, 0.29) is 6.42 Å². The number of nitrogens with two attached hydrogens (primary N) is 3. The monoisotopic (exact) mass is 434 g/mol. The number of rotatable bonds is 14. The quantitative estimate of drug-likeness (QED) is 0.141. The molecule has 29 heavy (non-hydrogen) atoms. The van der Waals surface area contributed by atoms with Crippen molar-refractivity contribution in [2.45, 2.75) is 37.4 Å². The molecule has 0 radical (unpaired) electrons. The molecule has 3 unspecified atom stereocenters. The highest BCUT2D eigenvalue weighted by Gasteiger charge is 2.26. The zero-order valence-corrected chi connectivity index (χ0v) is 16.6. The van der Waals surface area contributed by atoms with Gasteiger partial charge in [-0.05, 0) is 18.4 Å². The maximum atomic E-state index is 12.3. The van der Waals surface area contributed by atoms with Crippen LogP contribution < -0.4 is 33.2 Å². The van der Waals surface area contributed by atoms with Crippen LogP contribution in [0, 0.1) is 0 Å². The minimum atomic E-state index is -1.53. The third-order valence-electron chi connectivity index (χ3n) is 3.46. The van der Waals surface area contributed by atoms with E-state index in [4.69, 9.17) is 22.3 Å². The van der Waals surface area contributed by atoms with Gasteiger partial charge < -0.3 is 38.3 Å². The molecule has 0 saturated heterocycles. The lowest BCUT2D eigenvalue weighted by molar-refractivity contribution is -0.143. The number of thioether (sulfide) groups is 1. The Labute approximate surface area is 170 Å². The number of hydrogen-bond acceptors (Lipinski definition) is 8. The van der Waals surface area contributed by atoms with Crippen molar-refractivity contribution in [3.8, 4) is 0 Å². The molecular weight excluding hydrogens is 408 g/mol. The molecule has 10 N–H and O–H groups in total. The van der Waals surface area contributed by atoms with Crippen LogP contribution in [0.25, 0.3) is 0 Å². The van der Waals surface area contributed by atoms with Crippen molar-refractivity contribution in [1.29, 1.82) is 0 Å². The van der Waals surface area contributed by atoms with E-state index in [0.717, 1.165) is 0 Å². The molecule has 0 aliphatic rings. The van der Waals surface area contributed by atoms with Gasteiger partial charge in [0.15, 0.2) is 0 Å². The summed E-state index contributed by atoms with van der Waals surface area (Å²) in [6, 6.07) is -3.80. The van der Waals surface area contributed by atoms with E-state index in [2.05, 4.69) is 10.6 Å². The normalized spacial score (nSPS) is 13.4.